The van der Waals surface area contributed by atoms with Crippen molar-refractivity contribution >= 4 is 34.1 Å². The molecule has 0 saturated carbocycles. The van der Waals surface area contributed by atoms with Crippen molar-refractivity contribution in [3.8, 4) is 0 Å². The van der Waals surface area contributed by atoms with Gasteiger partial charge in [-0.2, -0.15) is 0 Å². The summed E-state index contributed by atoms with van der Waals surface area (Å²) in [6.07, 6.45) is 2.23. The minimum absolute atomic E-state index is 0.135. The molecular formula is C25H23N3O2. The van der Waals surface area contributed by atoms with Crippen molar-refractivity contribution in [3.63, 3.8) is 0 Å². The second-order valence-corrected chi connectivity index (χ2v) is 7.32. The number of para-hydroxylation sites is 3. The molecule has 5 heteroatoms. The second-order valence-electron chi connectivity index (χ2n) is 7.32. The molecule has 0 aliphatic heterocycles. The highest BCUT2D eigenvalue weighted by atomic mass is 16.2. The van der Waals surface area contributed by atoms with Crippen LogP contribution in [0.4, 0.5) is 11.4 Å². The summed E-state index contributed by atoms with van der Waals surface area (Å²) < 4.78 is 2.02. The van der Waals surface area contributed by atoms with Gasteiger partial charge in [0.1, 0.15) is 0 Å². The van der Waals surface area contributed by atoms with E-state index in [0.717, 1.165) is 22.0 Å². The SMILES string of the molecule is Cc1ccccc1C(=O)Nc1ccccc1NC(=O)Cc1cn(C)c2ccccc12. The lowest BCUT2D eigenvalue weighted by atomic mass is 10.1. The first-order valence-electron chi connectivity index (χ1n) is 9.82. The zero-order valence-electron chi connectivity index (χ0n) is 17.0. The number of hydrogen-bond donors (Lipinski definition) is 2. The number of fused-ring (bicyclic) bond motifs is 1. The van der Waals surface area contributed by atoms with Gasteiger partial charge in [0.2, 0.25) is 5.91 Å². The van der Waals surface area contributed by atoms with Crippen LogP contribution >= 0.6 is 0 Å². The number of carbonyl (C=O) groups is 2. The fourth-order valence-electron chi connectivity index (χ4n) is 3.65. The predicted octanol–water partition coefficient (Wildman–Crippen LogP) is 4.92. The van der Waals surface area contributed by atoms with Gasteiger partial charge >= 0.3 is 0 Å². The van der Waals surface area contributed by atoms with Crippen molar-refractivity contribution in [1.29, 1.82) is 0 Å². The Hall–Kier alpha value is -3.86. The Kier molecular flexibility index (Phi) is 5.35. The molecule has 0 aliphatic carbocycles. The molecule has 5 nitrogen and oxygen atoms in total. The molecule has 4 rings (SSSR count). The van der Waals surface area contributed by atoms with Crippen LogP contribution in [0.3, 0.4) is 0 Å². The van der Waals surface area contributed by atoms with E-state index in [9.17, 15) is 9.59 Å². The van der Waals surface area contributed by atoms with Gasteiger partial charge < -0.3 is 15.2 Å². The quantitative estimate of drug-likeness (QED) is 0.502. The maximum atomic E-state index is 12.8. The third-order valence-corrected chi connectivity index (χ3v) is 5.17. The predicted molar refractivity (Wildman–Crippen MR) is 121 cm³/mol. The van der Waals surface area contributed by atoms with E-state index in [-0.39, 0.29) is 18.2 Å². The zero-order chi connectivity index (χ0) is 21.1. The third kappa shape index (κ3) is 3.96. The molecule has 0 radical (unpaired) electrons. The third-order valence-electron chi connectivity index (χ3n) is 5.17. The number of carbonyl (C=O) groups excluding carboxylic acids is 2. The first kappa shape index (κ1) is 19.5. The van der Waals surface area contributed by atoms with Crippen LogP contribution in [-0.2, 0) is 18.3 Å². The van der Waals surface area contributed by atoms with Crippen molar-refractivity contribution in [1.82, 2.24) is 4.57 Å². The van der Waals surface area contributed by atoms with E-state index < -0.39 is 0 Å². The number of aromatic nitrogens is 1. The molecule has 0 fully saturated rings. The molecule has 0 bridgehead atoms. The number of nitrogens with zero attached hydrogens (tertiary/aromatic N) is 1. The molecule has 4 aromatic rings. The molecule has 0 aliphatic rings. The molecule has 0 atom stereocenters. The highest BCUT2D eigenvalue weighted by Gasteiger charge is 2.14. The van der Waals surface area contributed by atoms with Gasteiger partial charge in [-0.1, -0.05) is 48.5 Å². The van der Waals surface area contributed by atoms with Gasteiger partial charge in [0.25, 0.3) is 5.91 Å². The number of amides is 2. The van der Waals surface area contributed by atoms with E-state index in [2.05, 4.69) is 10.6 Å². The summed E-state index contributed by atoms with van der Waals surface area (Å²) in [5.74, 6) is -0.340. The highest BCUT2D eigenvalue weighted by molar-refractivity contribution is 6.08. The highest BCUT2D eigenvalue weighted by Crippen LogP contribution is 2.24. The van der Waals surface area contributed by atoms with E-state index in [0.29, 0.717) is 16.9 Å². The van der Waals surface area contributed by atoms with Gasteiger partial charge in [-0.25, -0.2) is 0 Å². The molecular weight excluding hydrogens is 374 g/mol. The summed E-state index contributed by atoms with van der Waals surface area (Å²) in [7, 11) is 1.97. The normalized spacial score (nSPS) is 10.7. The molecule has 0 spiro atoms. The number of aryl methyl sites for hydroxylation is 2. The maximum Gasteiger partial charge on any atom is 0.255 e. The van der Waals surface area contributed by atoms with Crippen LogP contribution in [0.1, 0.15) is 21.5 Å². The average Bonchev–Trinajstić information content (AvgIpc) is 3.05. The lowest BCUT2D eigenvalue weighted by Crippen LogP contribution is -2.18. The van der Waals surface area contributed by atoms with Crippen LogP contribution in [0, 0.1) is 6.92 Å². The Morgan fingerprint density at radius 2 is 1.47 bits per heavy atom. The van der Waals surface area contributed by atoms with E-state index in [4.69, 9.17) is 0 Å². The molecule has 0 unspecified atom stereocenters. The topological polar surface area (TPSA) is 63.1 Å². The van der Waals surface area contributed by atoms with Gasteiger partial charge in [0.05, 0.1) is 17.8 Å². The van der Waals surface area contributed by atoms with Gasteiger partial charge in [-0.05, 0) is 42.3 Å². The van der Waals surface area contributed by atoms with Crippen LogP contribution < -0.4 is 10.6 Å². The minimum atomic E-state index is -0.205. The van der Waals surface area contributed by atoms with Crippen LogP contribution in [0.25, 0.3) is 10.9 Å². The molecule has 150 valence electrons. The lowest BCUT2D eigenvalue weighted by molar-refractivity contribution is -0.115. The maximum absolute atomic E-state index is 12.8. The Morgan fingerprint density at radius 1 is 0.833 bits per heavy atom. The first-order chi connectivity index (χ1) is 14.5. The molecule has 3 aromatic carbocycles. The van der Waals surface area contributed by atoms with E-state index in [1.807, 2.05) is 79.3 Å². The smallest absolute Gasteiger partial charge is 0.255 e. The summed E-state index contributed by atoms with van der Waals surface area (Å²) in [6.45, 7) is 1.90. The second kappa shape index (κ2) is 8.25. The summed E-state index contributed by atoms with van der Waals surface area (Å²) in [6, 6.07) is 22.6. The van der Waals surface area contributed by atoms with Gasteiger partial charge in [-0.3, -0.25) is 9.59 Å². The van der Waals surface area contributed by atoms with Gasteiger partial charge in [0, 0.05) is 29.7 Å². The first-order valence-corrected chi connectivity index (χ1v) is 9.82. The molecule has 2 N–H and O–H groups in total. The van der Waals surface area contributed by atoms with E-state index in [1.54, 1.807) is 18.2 Å². The van der Waals surface area contributed by atoms with Crippen LogP contribution in [-0.4, -0.2) is 16.4 Å². The lowest BCUT2D eigenvalue weighted by Gasteiger charge is -2.13. The fraction of sp³-hybridized carbons (Fsp3) is 0.120. The summed E-state index contributed by atoms with van der Waals surface area (Å²) in [5, 5.41) is 6.92. The number of anilines is 2. The standard InChI is InChI=1S/C25H23N3O2/c1-17-9-3-4-10-19(17)25(30)27-22-13-7-6-12-21(22)26-24(29)15-18-16-28(2)23-14-8-5-11-20(18)23/h3-14,16H,15H2,1-2H3,(H,26,29)(H,27,30). The van der Waals surface area contributed by atoms with Crippen molar-refractivity contribution in [2.75, 3.05) is 10.6 Å². The molecule has 1 aromatic heterocycles. The van der Waals surface area contributed by atoms with Crippen molar-refractivity contribution in [2.45, 2.75) is 13.3 Å². The summed E-state index contributed by atoms with van der Waals surface area (Å²) in [5.41, 5.74) is 4.70. The molecule has 2 amide bonds. The number of rotatable bonds is 5. The summed E-state index contributed by atoms with van der Waals surface area (Å²) >= 11 is 0. The van der Waals surface area contributed by atoms with Crippen molar-refractivity contribution < 1.29 is 9.59 Å². The van der Waals surface area contributed by atoms with Crippen LogP contribution in [0.2, 0.25) is 0 Å². The Labute approximate surface area is 175 Å². The number of hydrogen-bond acceptors (Lipinski definition) is 2. The van der Waals surface area contributed by atoms with Crippen molar-refractivity contribution in [3.05, 3.63) is 95.7 Å². The van der Waals surface area contributed by atoms with Crippen molar-refractivity contribution in [2.24, 2.45) is 7.05 Å². The van der Waals surface area contributed by atoms with E-state index in [1.165, 1.54) is 0 Å². The van der Waals surface area contributed by atoms with Gasteiger partial charge in [0.15, 0.2) is 0 Å². The average molecular weight is 397 g/mol. The number of benzene rings is 3. The number of nitrogens with one attached hydrogen (secondary N) is 2. The largest absolute Gasteiger partial charge is 0.350 e. The zero-order valence-corrected chi connectivity index (χ0v) is 17.0. The Balaban J connectivity index is 1.52. The van der Waals surface area contributed by atoms with Crippen LogP contribution in [0.15, 0.2) is 79.0 Å². The Morgan fingerprint density at radius 3 is 2.23 bits per heavy atom. The summed E-state index contributed by atoms with van der Waals surface area (Å²) in [4.78, 5) is 25.5. The fourth-order valence-corrected chi connectivity index (χ4v) is 3.65. The molecule has 30 heavy (non-hydrogen) atoms. The molecule has 0 saturated heterocycles. The monoisotopic (exact) mass is 397 g/mol. The van der Waals surface area contributed by atoms with E-state index >= 15 is 0 Å². The Bertz CT molecular complexity index is 1240. The molecule has 1 heterocycles. The minimum Gasteiger partial charge on any atom is -0.350 e. The van der Waals surface area contributed by atoms with Crippen LogP contribution in [0.5, 0.6) is 0 Å². The van der Waals surface area contributed by atoms with Gasteiger partial charge in [-0.15, -0.1) is 0 Å².